The number of aryl methyl sites for hydroxylation is 1. The number of carbonyl (C=O) groups excluding carboxylic acids is 2. The molecule has 2 heterocycles. The van der Waals surface area contributed by atoms with Gasteiger partial charge in [0, 0.05) is 51.5 Å². The van der Waals surface area contributed by atoms with Gasteiger partial charge in [0.1, 0.15) is 0 Å². The van der Waals surface area contributed by atoms with Crippen LogP contribution in [0.1, 0.15) is 47.6 Å². The Morgan fingerprint density at radius 1 is 1.24 bits per heavy atom. The van der Waals surface area contributed by atoms with E-state index >= 15 is 0 Å². The van der Waals surface area contributed by atoms with E-state index < -0.39 is 0 Å². The van der Waals surface area contributed by atoms with Crippen molar-refractivity contribution < 1.29 is 9.59 Å². The number of likely N-dealkylation sites (tertiary alicyclic amines) is 1. The first kappa shape index (κ1) is 22.6. The largest absolute Gasteiger partial charge is 0.299 e. The molecule has 0 radical (unpaired) electrons. The molecule has 29 heavy (non-hydrogen) atoms. The van der Waals surface area contributed by atoms with Gasteiger partial charge in [0.05, 0.1) is 20.6 Å². The first-order valence-electron chi connectivity index (χ1n) is 9.37. The summed E-state index contributed by atoms with van der Waals surface area (Å²) in [5, 5.41) is 1.13. The maximum atomic E-state index is 12.3. The predicted molar refractivity (Wildman–Crippen MR) is 120 cm³/mol. The molecule has 1 aromatic heterocycles. The molecule has 0 saturated carbocycles. The highest BCUT2D eigenvalue weighted by Crippen LogP contribution is 2.34. The lowest BCUT2D eigenvalue weighted by molar-refractivity contribution is -0.125. The lowest BCUT2D eigenvalue weighted by Gasteiger charge is -2.37. The summed E-state index contributed by atoms with van der Waals surface area (Å²) in [6.45, 7) is 7.56. The third kappa shape index (κ3) is 5.73. The molecule has 9 heteroatoms. The first-order chi connectivity index (χ1) is 13.7. The number of benzene rings is 1. The van der Waals surface area contributed by atoms with E-state index in [9.17, 15) is 9.59 Å². The van der Waals surface area contributed by atoms with Crippen molar-refractivity contribution in [2.45, 2.75) is 50.5 Å². The molecule has 1 amide bonds. The van der Waals surface area contributed by atoms with E-state index in [0.29, 0.717) is 14.9 Å². The molecular formula is C20H23Cl2N3O2S2. The highest BCUT2D eigenvalue weighted by Gasteiger charge is 2.28. The van der Waals surface area contributed by atoms with Crippen molar-refractivity contribution in [1.82, 2.24) is 14.2 Å². The molecule has 0 atom stereocenters. The Morgan fingerprint density at radius 2 is 1.93 bits per heavy atom. The Morgan fingerprint density at radius 3 is 2.48 bits per heavy atom. The van der Waals surface area contributed by atoms with Crippen molar-refractivity contribution in [1.29, 1.82) is 0 Å². The van der Waals surface area contributed by atoms with Gasteiger partial charge in [-0.2, -0.15) is 0 Å². The highest BCUT2D eigenvalue weighted by molar-refractivity contribution is 7.99. The Labute approximate surface area is 189 Å². The maximum Gasteiger partial charge on any atom is 0.229 e. The second-order valence-corrected chi connectivity index (χ2v) is 10.2. The molecule has 156 valence electrons. The van der Waals surface area contributed by atoms with E-state index in [1.54, 1.807) is 13.8 Å². The minimum absolute atomic E-state index is 0.00941. The van der Waals surface area contributed by atoms with E-state index in [-0.39, 0.29) is 17.7 Å². The van der Waals surface area contributed by atoms with Crippen LogP contribution in [0.3, 0.4) is 0 Å². The van der Waals surface area contributed by atoms with Crippen molar-refractivity contribution in [2.75, 3.05) is 13.1 Å². The SMILES string of the molecule is CC(=O)c1sc(SN(C(C)=O)C2CCN(Cc3ccc(Cl)c(Cl)c3)CC2)nc1C. The van der Waals surface area contributed by atoms with Crippen LogP contribution in [0.25, 0.3) is 0 Å². The van der Waals surface area contributed by atoms with E-state index in [1.165, 1.54) is 23.3 Å². The van der Waals surface area contributed by atoms with Crippen molar-refractivity contribution in [2.24, 2.45) is 0 Å². The first-order valence-corrected chi connectivity index (χ1v) is 11.7. The summed E-state index contributed by atoms with van der Waals surface area (Å²) in [6, 6.07) is 5.87. The average Bonchev–Trinajstić information content (AvgIpc) is 3.04. The van der Waals surface area contributed by atoms with Gasteiger partial charge in [-0.3, -0.25) is 18.8 Å². The monoisotopic (exact) mass is 471 g/mol. The molecule has 3 rings (SSSR count). The van der Waals surface area contributed by atoms with Gasteiger partial charge in [0.25, 0.3) is 0 Å². The van der Waals surface area contributed by atoms with Crippen molar-refractivity contribution in [3.8, 4) is 0 Å². The molecule has 1 aliphatic heterocycles. The van der Waals surface area contributed by atoms with Gasteiger partial charge < -0.3 is 0 Å². The summed E-state index contributed by atoms with van der Waals surface area (Å²) >= 11 is 14.8. The third-order valence-electron chi connectivity index (χ3n) is 4.86. The molecule has 1 saturated heterocycles. The fraction of sp³-hybridized carbons (Fsp3) is 0.450. The van der Waals surface area contributed by atoms with Crippen LogP contribution in [0.2, 0.25) is 10.0 Å². The van der Waals surface area contributed by atoms with Crippen LogP contribution >= 0.6 is 46.5 Å². The van der Waals surface area contributed by atoms with Crippen molar-refractivity contribution >= 4 is 58.2 Å². The molecule has 1 aromatic carbocycles. The van der Waals surface area contributed by atoms with Crippen LogP contribution in [0.5, 0.6) is 0 Å². The lowest BCUT2D eigenvalue weighted by atomic mass is 10.0. The summed E-state index contributed by atoms with van der Waals surface area (Å²) in [4.78, 5) is 31.5. The number of thiazole rings is 1. The standard InChI is InChI=1S/C20H23Cl2N3O2S2/c1-12-19(13(2)26)28-20(23-12)29-25(14(3)27)16-6-8-24(9-7-16)11-15-4-5-17(21)18(22)10-15/h4-5,10,16H,6-9,11H2,1-3H3. The normalized spacial score (nSPS) is 15.5. The zero-order chi connectivity index (χ0) is 21.1. The summed E-state index contributed by atoms with van der Waals surface area (Å²) in [5.74, 6) is 0.0204. The highest BCUT2D eigenvalue weighted by atomic mass is 35.5. The van der Waals surface area contributed by atoms with Gasteiger partial charge in [0.15, 0.2) is 10.1 Å². The topological polar surface area (TPSA) is 53.5 Å². The van der Waals surface area contributed by atoms with Gasteiger partial charge in [-0.15, -0.1) is 11.3 Å². The zero-order valence-corrected chi connectivity index (χ0v) is 19.7. The molecular weight excluding hydrogens is 449 g/mol. The maximum absolute atomic E-state index is 12.3. The summed E-state index contributed by atoms with van der Waals surface area (Å²) in [6.07, 6.45) is 1.77. The second-order valence-electron chi connectivity index (χ2n) is 7.14. The van der Waals surface area contributed by atoms with Crippen LogP contribution in [0, 0.1) is 6.92 Å². The van der Waals surface area contributed by atoms with Gasteiger partial charge in [-0.05, 0) is 37.5 Å². The number of carbonyl (C=O) groups is 2. The summed E-state index contributed by atoms with van der Waals surface area (Å²) < 4.78 is 2.56. The predicted octanol–water partition coefficient (Wildman–Crippen LogP) is 5.48. The quantitative estimate of drug-likeness (QED) is 0.412. The van der Waals surface area contributed by atoms with Crippen LogP contribution < -0.4 is 0 Å². The smallest absolute Gasteiger partial charge is 0.229 e. The molecule has 1 fully saturated rings. The summed E-state index contributed by atoms with van der Waals surface area (Å²) in [5.41, 5.74) is 1.86. The Hall–Kier alpha value is -1.12. The number of halogens is 2. The van der Waals surface area contributed by atoms with Crippen LogP contribution in [0.15, 0.2) is 22.5 Å². The minimum atomic E-state index is 0.00941. The van der Waals surface area contributed by atoms with E-state index in [0.717, 1.165) is 48.1 Å². The van der Waals surface area contributed by atoms with E-state index in [4.69, 9.17) is 23.2 Å². The van der Waals surface area contributed by atoms with Crippen LogP contribution in [-0.4, -0.2) is 45.0 Å². The third-order valence-corrected chi connectivity index (χ3v) is 8.13. The molecule has 0 bridgehead atoms. The molecule has 5 nitrogen and oxygen atoms in total. The number of nitrogens with zero attached hydrogens (tertiary/aromatic N) is 3. The Balaban J connectivity index is 1.61. The number of piperidine rings is 1. The van der Waals surface area contributed by atoms with Crippen LogP contribution in [0.4, 0.5) is 0 Å². The average molecular weight is 472 g/mol. The Kier molecular flexibility index (Phi) is 7.62. The number of amides is 1. The Bertz CT molecular complexity index is 911. The summed E-state index contributed by atoms with van der Waals surface area (Å²) in [7, 11) is 0. The second kappa shape index (κ2) is 9.79. The fourth-order valence-corrected chi connectivity index (χ4v) is 5.91. The lowest BCUT2D eigenvalue weighted by Crippen LogP contribution is -2.43. The van der Waals surface area contributed by atoms with Crippen LogP contribution in [-0.2, 0) is 11.3 Å². The molecule has 2 aromatic rings. The number of hydrogen-bond donors (Lipinski definition) is 0. The number of Topliss-reactive ketones (excluding diaryl/α,β-unsaturated/α-hetero) is 1. The van der Waals surface area contributed by atoms with E-state index in [1.807, 2.05) is 29.4 Å². The van der Waals surface area contributed by atoms with Gasteiger partial charge >= 0.3 is 0 Å². The van der Waals surface area contributed by atoms with Gasteiger partial charge in [-0.25, -0.2) is 4.98 Å². The molecule has 0 unspecified atom stereocenters. The zero-order valence-electron chi connectivity index (χ0n) is 16.6. The minimum Gasteiger partial charge on any atom is -0.299 e. The van der Waals surface area contributed by atoms with Gasteiger partial charge in [0.2, 0.25) is 5.91 Å². The van der Waals surface area contributed by atoms with E-state index in [2.05, 4.69) is 9.88 Å². The number of ketones is 1. The number of hydrogen-bond acceptors (Lipinski definition) is 6. The number of rotatable bonds is 6. The number of aromatic nitrogens is 1. The molecule has 0 N–H and O–H groups in total. The fourth-order valence-electron chi connectivity index (χ4n) is 3.43. The van der Waals surface area contributed by atoms with Crippen molar-refractivity contribution in [3.63, 3.8) is 0 Å². The van der Waals surface area contributed by atoms with Gasteiger partial charge in [-0.1, -0.05) is 29.3 Å². The molecule has 0 aliphatic carbocycles. The molecule has 1 aliphatic rings. The van der Waals surface area contributed by atoms with Crippen molar-refractivity contribution in [3.05, 3.63) is 44.4 Å². The molecule has 0 spiro atoms.